The number of carbonyl (C=O) groups is 1. The number of nitrogens with zero attached hydrogens (tertiary/aromatic N) is 3. The van der Waals surface area contributed by atoms with E-state index in [0.717, 1.165) is 0 Å². The number of pyridine rings is 1. The van der Waals surface area contributed by atoms with Crippen molar-refractivity contribution in [3.63, 3.8) is 0 Å². The molecule has 0 bridgehead atoms. The molecule has 1 unspecified atom stereocenters. The average molecular weight is 309 g/mol. The van der Waals surface area contributed by atoms with Crippen LogP contribution in [0.1, 0.15) is 17.3 Å². The molecule has 0 aliphatic rings. The molecule has 0 aromatic carbocycles. The Morgan fingerprint density at radius 3 is 3.06 bits per heavy atom. The van der Waals surface area contributed by atoms with Gasteiger partial charge in [-0.05, 0) is 41.1 Å². The van der Waals surface area contributed by atoms with Crippen LogP contribution >= 0.6 is 15.9 Å². The predicted octanol–water partition coefficient (Wildman–Crippen LogP) is 1.86. The molecule has 94 valence electrons. The van der Waals surface area contributed by atoms with Gasteiger partial charge in [0.05, 0.1) is 6.54 Å². The number of nitrogens with one attached hydrogen (secondary N) is 1. The summed E-state index contributed by atoms with van der Waals surface area (Å²) in [6.45, 7) is 2.58. The zero-order valence-corrected chi connectivity index (χ0v) is 11.5. The molecule has 1 atom stereocenters. The highest BCUT2D eigenvalue weighted by Gasteiger charge is 2.10. The van der Waals surface area contributed by atoms with E-state index in [1.165, 1.54) is 0 Å². The fraction of sp³-hybridized carbons (Fsp3) is 0.250. The fourth-order valence-corrected chi connectivity index (χ4v) is 1.95. The Hall–Kier alpha value is -1.69. The van der Waals surface area contributed by atoms with Gasteiger partial charge >= 0.3 is 0 Å². The molecule has 6 heteroatoms. The number of carbonyl (C=O) groups excluding carboxylic acids is 1. The number of halogens is 1. The fourth-order valence-electron chi connectivity index (χ4n) is 1.59. The van der Waals surface area contributed by atoms with Gasteiger partial charge in [-0.2, -0.15) is 5.10 Å². The molecule has 0 aliphatic heterocycles. The van der Waals surface area contributed by atoms with E-state index in [9.17, 15) is 4.79 Å². The Bertz CT molecular complexity index is 527. The highest BCUT2D eigenvalue weighted by atomic mass is 79.9. The Kier molecular flexibility index (Phi) is 4.09. The first kappa shape index (κ1) is 12.8. The largest absolute Gasteiger partial charge is 0.348 e. The molecule has 5 nitrogen and oxygen atoms in total. The van der Waals surface area contributed by atoms with Gasteiger partial charge in [-0.1, -0.05) is 0 Å². The third-order valence-electron chi connectivity index (χ3n) is 2.39. The Morgan fingerprint density at radius 2 is 2.39 bits per heavy atom. The summed E-state index contributed by atoms with van der Waals surface area (Å²) in [5.74, 6) is -0.113. The van der Waals surface area contributed by atoms with E-state index in [2.05, 4.69) is 31.3 Å². The van der Waals surface area contributed by atoms with Gasteiger partial charge in [-0.25, -0.2) is 4.98 Å². The van der Waals surface area contributed by atoms with Crippen LogP contribution in [0.4, 0.5) is 0 Å². The van der Waals surface area contributed by atoms with Gasteiger partial charge in [0.2, 0.25) is 0 Å². The maximum Gasteiger partial charge on any atom is 0.251 e. The third-order valence-corrected chi connectivity index (χ3v) is 2.82. The summed E-state index contributed by atoms with van der Waals surface area (Å²) < 4.78 is 2.43. The Morgan fingerprint density at radius 1 is 1.56 bits per heavy atom. The van der Waals surface area contributed by atoms with Crippen LogP contribution < -0.4 is 5.32 Å². The van der Waals surface area contributed by atoms with Gasteiger partial charge in [0, 0.05) is 30.2 Å². The second kappa shape index (κ2) is 5.77. The molecular formula is C12H13BrN4O. The van der Waals surface area contributed by atoms with Crippen molar-refractivity contribution in [1.82, 2.24) is 20.1 Å². The topological polar surface area (TPSA) is 59.8 Å². The summed E-state index contributed by atoms with van der Waals surface area (Å²) in [4.78, 5) is 15.9. The number of rotatable bonds is 4. The van der Waals surface area contributed by atoms with Crippen molar-refractivity contribution in [3.05, 3.63) is 47.0 Å². The van der Waals surface area contributed by atoms with Crippen LogP contribution in [0.5, 0.6) is 0 Å². The minimum Gasteiger partial charge on any atom is -0.348 e. The summed E-state index contributed by atoms with van der Waals surface area (Å²) in [7, 11) is 0. The molecule has 1 amide bonds. The molecule has 0 saturated heterocycles. The monoisotopic (exact) mass is 308 g/mol. The zero-order valence-electron chi connectivity index (χ0n) is 9.88. The van der Waals surface area contributed by atoms with Crippen molar-refractivity contribution < 1.29 is 4.79 Å². The summed E-state index contributed by atoms with van der Waals surface area (Å²) in [6.07, 6.45) is 5.18. The van der Waals surface area contributed by atoms with Crippen LogP contribution in [-0.2, 0) is 6.54 Å². The standard InChI is InChI=1S/C12H13BrN4O/c1-9(8-17-6-2-4-15-17)16-12(18)10-3-5-14-11(13)7-10/h2-7,9H,8H2,1H3,(H,16,18). The maximum absolute atomic E-state index is 11.9. The molecular weight excluding hydrogens is 296 g/mol. The minimum absolute atomic E-state index is 0.00402. The van der Waals surface area contributed by atoms with Gasteiger partial charge in [0.1, 0.15) is 4.60 Å². The number of aromatic nitrogens is 3. The van der Waals surface area contributed by atoms with Crippen molar-refractivity contribution in [1.29, 1.82) is 0 Å². The Labute approximate surface area is 113 Å². The summed E-state index contributed by atoms with van der Waals surface area (Å²) in [5.41, 5.74) is 0.587. The lowest BCUT2D eigenvalue weighted by Crippen LogP contribution is -2.35. The molecule has 1 N–H and O–H groups in total. The minimum atomic E-state index is -0.113. The number of hydrogen-bond acceptors (Lipinski definition) is 3. The van der Waals surface area contributed by atoms with E-state index in [1.807, 2.05) is 19.2 Å². The third kappa shape index (κ3) is 3.40. The normalized spacial score (nSPS) is 12.1. The lowest BCUT2D eigenvalue weighted by atomic mass is 10.2. The van der Waals surface area contributed by atoms with Gasteiger partial charge in [0.25, 0.3) is 5.91 Å². The summed E-state index contributed by atoms with van der Waals surface area (Å²) >= 11 is 3.24. The maximum atomic E-state index is 11.9. The van der Waals surface area contributed by atoms with Crippen molar-refractivity contribution in [2.75, 3.05) is 0 Å². The molecule has 2 heterocycles. The molecule has 0 saturated carbocycles. The van der Waals surface area contributed by atoms with E-state index in [-0.39, 0.29) is 11.9 Å². The Balaban J connectivity index is 1.95. The molecule has 2 aromatic rings. The van der Waals surface area contributed by atoms with Crippen LogP contribution in [0.2, 0.25) is 0 Å². The first-order valence-corrected chi connectivity index (χ1v) is 6.34. The van der Waals surface area contributed by atoms with E-state index < -0.39 is 0 Å². The molecule has 0 spiro atoms. The summed E-state index contributed by atoms with van der Waals surface area (Å²) in [6, 6.07) is 5.23. The van der Waals surface area contributed by atoms with Gasteiger partial charge in [0.15, 0.2) is 0 Å². The van der Waals surface area contributed by atoms with Crippen LogP contribution in [-0.4, -0.2) is 26.7 Å². The van der Waals surface area contributed by atoms with Crippen LogP contribution in [0.3, 0.4) is 0 Å². The lowest BCUT2D eigenvalue weighted by molar-refractivity contribution is 0.0936. The van der Waals surface area contributed by atoms with Crippen LogP contribution in [0.15, 0.2) is 41.4 Å². The van der Waals surface area contributed by atoms with E-state index in [0.29, 0.717) is 16.7 Å². The smallest absolute Gasteiger partial charge is 0.251 e. The van der Waals surface area contributed by atoms with Crippen molar-refractivity contribution >= 4 is 21.8 Å². The van der Waals surface area contributed by atoms with Crippen molar-refractivity contribution in [2.24, 2.45) is 0 Å². The summed E-state index contributed by atoms with van der Waals surface area (Å²) in [5, 5.41) is 7.01. The van der Waals surface area contributed by atoms with E-state index in [1.54, 1.807) is 29.2 Å². The lowest BCUT2D eigenvalue weighted by Gasteiger charge is -2.14. The van der Waals surface area contributed by atoms with Crippen LogP contribution in [0.25, 0.3) is 0 Å². The van der Waals surface area contributed by atoms with Gasteiger partial charge in [-0.15, -0.1) is 0 Å². The molecule has 0 aliphatic carbocycles. The molecule has 0 fully saturated rings. The molecule has 2 aromatic heterocycles. The van der Waals surface area contributed by atoms with Crippen molar-refractivity contribution in [2.45, 2.75) is 19.5 Å². The molecule has 2 rings (SSSR count). The second-order valence-corrected chi connectivity index (χ2v) is 4.78. The van der Waals surface area contributed by atoms with E-state index in [4.69, 9.17) is 0 Å². The second-order valence-electron chi connectivity index (χ2n) is 3.97. The molecule has 18 heavy (non-hydrogen) atoms. The predicted molar refractivity (Wildman–Crippen MR) is 71.1 cm³/mol. The highest BCUT2D eigenvalue weighted by molar-refractivity contribution is 9.10. The highest BCUT2D eigenvalue weighted by Crippen LogP contribution is 2.08. The first-order valence-electron chi connectivity index (χ1n) is 5.55. The first-order chi connectivity index (χ1) is 8.65. The molecule has 0 radical (unpaired) electrons. The van der Waals surface area contributed by atoms with E-state index >= 15 is 0 Å². The van der Waals surface area contributed by atoms with Crippen LogP contribution in [0, 0.1) is 0 Å². The SMILES string of the molecule is CC(Cn1cccn1)NC(=O)c1ccnc(Br)c1. The number of amides is 1. The van der Waals surface area contributed by atoms with Gasteiger partial charge in [-0.3, -0.25) is 9.48 Å². The average Bonchev–Trinajstić information content (AvgIpc) is 2.81. The quantitative estimate of drug-likeness (QED) is 0.877. The van der Waals surface area contributed by atoms with Gasteiger partial charge < -0.3 is 5.32 Å². The number of hydrogen-bond donors (Lipinski definition) is 1. The van der Waals surface area contributed by atoms with Crippen molar-refractivity contribution in [3.8, 4) is 0 Å². The zero-order chi connectivity index (χ0) is 13.0.